The predicted octanol–water partition coefficient (Wildman–Crippen LogP) is -0.155. The molecular formula is C30H42O15. The molecule has 0 aromatic heterocycles. The number of ether oxygens (including phenoxy) is 3. The second-order valence-corrected chi connectivity index (χ2v) is 11.4. The molecule has 0 bridgehead atoms. The molecule has 9 N–H and O–H groups in total. The predicted molar refractivity (Wildman–Crippen MR) is 154 cm³/mol. The molecule has 2 rings (SSSR count). The Morgan fingerprint density at radius 1 is 1.00 bits per heavy atom. The maximum absolute atomic E-state index is 12.7. The average Bonchev–Trinajstić information content (AvgIpc) is 2.93. The summed E-state index contributed by atoms with van der Waals surface area (Å²) in [6.45, 7) is 5.04. The molecule has 1 heterocycles. The monoisotopic (exact) mass is 642 g/mol. The first-order valence-corrected chi connectivity index (χ1v) is 14.0. The summed E-state index contributed by atoms with van der Waals surface area (Å²) in [5, 5.41) is 90.9. The number of hydrogen-bond donors (Lipinski definition) is 9. The van der Waals surface area contributed by atoms with Crippen LogP contribution < -0.4 is 4.74 Å². The number of aliphatic hydroxyl groups excluding tert-OH is 5. The molecule has 0 saturated carbocycles. The molecule has 7 atom stereocenters. The van der Waals surface area contributed by atoms with Gasteiger partial charge < -0.3 is 60.2 Å². The molecule has 15 nitrogen and oxygen atoms in total. The standard InChI is InChI=1S/C30H42O15/c1-14(2)5-8-17-18(27(28(40)41)44-21(35)11-30(4,42)10-20(33)34)9-16(7-6-15(3)12-31)26(22(17)36)45-29-25(39)24(38)23(37)19(13-32)43-29/h5-6,9,19,23-25,27,29,31-32,36-39,42H,7-8,10-13H2,1-4H3,(H,33,34)(H,40,41)/b15-6+/t19-,23-,24+,25-,27?,29+,30?/m1/s1. The van der Waals surface area contributed by atoms with E-state index < -0.39 is 85.5 Å². The smallest absolute Gasteiger partial charge is 0.349 e. The van der Waals surface area contributed by atoms with Gasteiger partial charge in [-0.2, -0.15) is 0 Å². The molecule has 0 amide bonds. The number of rotatable bonds is 15. The first kappa shape index (κ1) is 37.6. The summed E-state index contributed by atoms with van der Waals surface area (Å²) >= 11 is 0. The van der Waals surface area contributed by atoms with Crippen molar-refractivity contribution in [3.63, 3.8) is 0 Å². The van der Waals surface area contributed by atoms with Crippen LogP contribution in [0.1, 0.15) is 63.3 Å². The molecule has 252 valence electrons. The number of hydrogen-bond acceptors (Lipinski definition) is 13. The van der Waals surface area contributed by atoms with Crippen molar-refractivity contribution in [2.45, 2.75) is 95.8 Å². The van der Waals surface area contributed by atoms with Crippen molar-refractivity contribution in [3.8, 4) is 11.5 Å². The number of allylic oxidation sites excluding steroid dienone is 3. The lowest BCUT2D eigenvalue weighted by Gasteiger charge is -2.40. The number of carbonyl (C=O) groups excluding carboxylic acids is 1. The highest BCUT2D eigenvalue weighted by Crippen LogP contribution is 2.42. The van der Waals surface area contributed by atoms with E-state index in [2.05, 4.69) is 0 Å². The SMILES string of the molecule is CC(C)=CCc1c(C(OC(=O)CC(C)(O)CC(=O)O)C(=O)O)cc(C/C=C(\C)CO)c(O[C@@H]2O[C@H](CO)[C@@H](O)[C@H](O)[C@H]2O)c1O. The van der Waals surface area contributed by atoms with Crippen LogP contribution in [-0.4, -0.2) is 113 Å². The zero-order valence-electron chi connectivity index (χ0n) is 25.4. The minimum atomic E-state index is -2.06. The molecule has 45 heavy (non-hydrogen) atoms. The Balaban J connectivity index is 2.73. The Morgan fingerprint density at radius 2 is 1.64 bits per heavy atom. The van der Waals surface area contributed by atoms with Gasteiger partial charge in [-0.15, -0.1) is 0 Å². The normalized spacial score (nSPS) is 23.9. The molecule has 1 aliphatic rings. The molecule has 2 unspecified atom stereocenters. The van der Waals surface area contributed by atoms with Gasteiger partial charge in [-0.05, 0) is 46.6 Å². The molecule has 0 spiro atoms. The Kier molecular flexibility index (Phi) is 13.5. The summed E-state index contributed by atoms with van der Waals surface area (Å²) in [5.74, 6) is -5.27. The highest BCUT2D eigenvalue weighted by Gasteiger charge is 2.45. The Hall–Kier alpha value is -3.57. The number of phenolic OH excluding ortho intramolecular Hbond substituents is 1. The number of esters is 1. The van der Waals surface area contributed by atoms with Gasteiger partial charge in [-0.3, -0.25) is 9.59 Å². The molecule has 1 saturated heterocycles. The van der Waals surface area contributed by atoms with Crippen LogP contribution >= 0.6 is 0 Å². The van der Waals surface area contributed by atoms with Crippen molar-refractivity contribution < 1.29 is 74.6 Å². The van der Waals surface area contributed by atoms with Gasteiger partial charge >= 0.3 is 17.9 Å². The third kappa shape index (κ3) is 10.2. The zero-order valence-corrected chi connectivity index (χ0v) is 25.4. The van der Waals surface area contributed by atoms with Crippen molar-refractivity contribution in [1.82, 2.24) is 0 Å². The van der Waals surface area contributed by atoms with Gasteiger partial charge in [0.25, 0.3) is 0 Å². The molecule has 1 aliphatic heterocycles. The second kappa shape index (κ2) is 16.1. The number of benzene rings is 1. The fourth-order valence-electron chi connectivity index (χ4n) is 4.55. The largest absolute Gasteiger partial charge is 0.504 e. The van der Waals surface area contributed by atoms with E-state index in [0.29, 0.717) is 5.57 Å². The zero-order chi connectivity index (χ0) is 34.2. The first-order chi connectivity index (χ1) is 20.9. The third-order valence-electron chi connectivity index (χ3n) is 7.00. The van der Waals surface area contributed by atoms with Crippen LogP contribution in [0.25, 0.3) is 0 Å². The van der Waals surface area contributed by atoms with Crippen molar-refractivity contribution >= 4 is 17.9 Å². The summed E-state index contributed by atoms with van der Waals surface area (Å²) in [5.41, 5.74) is -1.04. The van der Waals surface area contributed by atoms with E-state index in [1.165, 1.54) is 12.1 Å². The number of aromatic hydroxyl groups is 1. The lowest BCUT2D eigenvalue weighted by atomic mass is 9.92. The van der Waals surface area contributed by atoms with E-state index >= 15 is 0 Å². The third-order valence-corrected chi connectivity index (χ3v) is 7.00. The van der Waals surface area contributed by atoms with Crippen LogP contribution in [0.15, 0.2) is 29.4 Å². The average molecular weight is 643 g/mol. The van der Waals surface area contributed by atoms with Gasteiger partial charge in [0.15, 0.2) is 11.5 Å². The lowest BCUT2D eigenvalue weighted by Crippen LogP contribution is -2.60. The van der Waals surface area contributed by atoms with E-state index in [-0.39, 0.29) is 41.9 Å². The van der Waals surface area contributed by atoms with Crippen molar-refractivity contribution in [1.29, 1.82) is 0 Å². The minimum absolute atomic E-state index is 0.0633. The van der Waals surface area contributed by atoms with Crippen LogP contribution in [0, 0.1) is 0 Å². The fourth-order valence-corrected chi connectivity index (χ4v) is 4.55. The Labute approximate surface area is 259 Å². The number of aliphatic hydroxyl groups is 6. The Bertz CT molecular complexity index is 1280. The summed E-state index contributed by atoms with van der Waals surface area (Å²) in [7, 11) is 0. The fraction of sp³-hybridized carbons (Fsp3) is 0.567. The maximum atomic E-state index is 12.7. The van der Waals surface area contributed by atoms with Gasteiger partial charge in [0.1, 0.15) is 24.4 Å². The number of aliphatic carboxylic acids is 2. The highest BCUT2D eigenvalue weighted by molar-refractivity contribution is 5.81. The number of carbonyl (C=O) groups is 3. The van der Waals surface area contributed by atoms with E-state index in [1.807, 2.05) is 0 Å². The van der Waals surface area contributed by atoms with Gasteiger partial charge in [-0.25, -0.2) is 4.79 Å². The summed E-state index contributed by atoms with van der Waals surface area (Å²) in [6, 6.07) is 1.26. The number of carboxylic acids is 2. The molecule has 0 aliphatic carbocycles. The van der Waals surface area contributed by atoms with E-state index in [0.717, 1.165) is 12.5 Å². The van der Waals surface area contributed by atoms with Crippen LogP contribution in [0.5, 0.6) is 11.5 Å². The van der Waals surface area contributed by atoms with Gasteiger partial charge in [-0.1, -0.05) is 23.3 Å². The van der Waals surface area contributed by atoms with Crippen LogP contribution in [0.2, 0.25) is 0 Å². The van der Waals surface area contributed by atoms with E-state index in [9.17, 15) is 55.2 Å². The van der Waals surface area contributed by atoms with E-state index in [1.54, 1.807) is 26.8 Å². The summed E-state index contributed by atoms with van der Waals surface area (Å²) < 4.78 is 16.5. The quantitative estimate of drug-likeness (QED) is 0.0889. The molecule has 15 heteroatoms. The van der Waals surface area contributed by atoms with E-state index in [4.69, 9.17) is 19.3 Å². The van der Waals surface area contributed by atoms with Crippen LogP contribution in [-0.2, 0) is 36.7 Å². The van der Waals surface area contributed by atoms with Crippen molar-refractivity contribution in [3.05, 3.63) is 46.1 Å². The molecule has 1 aromatic rings. The summed E-state index contributed by atoms with van der Waals surface area (Å²) in [6.07, 6.45) is -9.19. The molecule has 0 radical (unpaired) electrons. The molecular weight excluding hydrogens is 600 g/mol. The second-order valence-electron chi connectivity index (χ2n) is 11.4. The summed E-state index contributed by atoms with van der Waals surface area (Å²) in [4.78, 5) is 36.2. The Morgan fingerprint density at radius 3 is 2.18 bits per heavy atom. The molecule has 1 aromatic carbocycles. The topological polar surface area (TPSA) is 261 Å². The van der Waals surface area contributed by atoms with Crippen molar-refractivity contribution in [2.24, 2.45) is 0 Å². The number of carboxylic acid groups (broad SMARTS) is 2. The van der Waals surface area contributed by atoms with Crippen LogP contribution in [0.3, 0.4) is 0 Å². The van der Waals surface area contributed by atoms with Crippen LogP contribution in [0.4, 0.5) is 0 Å². The van der Waals surface area contributed by atoms with Gasteiger partial charge in [0.05, 0.1) is 31.7 Å². The lowest BCUT2D eigenvalue weighted by molar-refractivity contribution is -0.277. The number of phenols is 1. The minimum Gasteiger partial charge on any atom is -0.504 e. The highest BCUT2D eigenvalue weighted by atomic mass is 16.7. The maximum Gasteiger partial charge on any atom is 0.349 e. The molecule has 1 fully saturated rings. The van der Waals surface area contributed by atoms with Crippen molar-refractivity contribution in [2.75, 3.05) is 13.2 Å². The van der Waals surface area contributed by atoms with Gasteiger partial charge in [0, 0.05) is 16.7 Å². The van der Waals surface area contributed by atoms with Gasteiger partial charge in [0.2, 0.25) is 12.4 Å². The first-order valence-electron chi connectivity index (χ1n) is 14.0.